The smallest absolute Gasteiger partial charge is 0.251 e. The summed E-state index contributed by atoms with van der Waals surface area (Å²) >= 11 is 0. The first kappa shape index (κ1) is 12.8. The number of nitrogens with zero attached hydrogens (tertiary/aromatic N) is 3. The summed E-state index contributed by atoms with van der Waals surface area (Å²) in [5, 5.41) is 9.28. The predicted molar refractivity (Wildman–Crippen MR) is 69.4 cm³/mol. The first-order valence-corrected chi connectivity index (χ1v) is 6.22. The van der Waals surface area contributed by atoms with Crippen LogP contribution >= 0.6 is 0 Å². The molecule has 1 aromatic rings. The molecular formula is C13H19N3O2. The monoisotopic (exact) mass is 249 g/mol. The van der Waals surface area contributed by atoms with Gasteiger partial charge in [-0.15, -0.1) is 0 Å². The molecule has 1 fully saturated rings. The van der Waals surface area contributed by atoms with Gasteiger partial charge in [-0.05, 0) is 31.5 Å². The number of aliphatic hydroxyl groups is 1. The van der Waals surface area contributed by atoms with E-state index in [1.165, 1.54) is 12.5 Å². The van der Waals surface area contributed by atoms with E-state index in [0.29, 0.717) is 13.1 Å². The minimum Gasteiger partial charge on any atom is -0.384 e. The summed E-state index contributed by atoms with van der Waals surface area (Å²) in [6.45, 7) is 6.34. The number of piperazine rings is 1. The van der Waals surface area contributed by atoms with Crippen LogP contribution in [0.25, 0.3) is 0 Å². The molecule has 98 valence electrons. The molecule has 1 N–H and O–H groups in total. The van der Waals surface area contributed by atoms with Crippen molar-refractivity contribution >= 4 is 11.7 Å². The first-order valence-electron chi connectivity index (χ1n) is 6.22. The summed E-state index contributed by atoms with van der Waals surface area (Å²) in [5.74, 6) is 0.769. The van der Waals surface area contributed by atoms with E-state index < -0.39 is 6.10 Å². The molecule has 0 bridgehead atoms. The Kier molecular flexibility index (Phi) is 3.81. The molecule has 1 saturated heterocycles. The first-order chi connectivity index (χ1) is 8.58. The molecule has 0 aliphatic carbocycles. The number of carbonyl (C=O) groups is 1. The second kappa shape index (κ2) is 5.35. The van der Waals surface area contributed by atoms with Crippen LogP contribution in [-0.2, 0) is 4.79 Å². The molecule has 1 aliphatic heterocycles. The second-order valence-corrected chi connectivity index (χ2v) is 4.68. The van der Waals surface area contributed by atoms with Gasteiger partial charge in [0.25, 0.3) is 5.91 Å². The minimum absolute atomic E-state index is 0.188. The van der Waals surface area contributed by atoms with Gasteiger partial charge in [0, 0.05) is 32.4 Å². The van der Waals surface area contributed by atoms with Gasteiger partial charge in [-0.2, -0.15) is 0 Å². The van der Waals surface area contributed by atoms with Gasteiger partial charge in [0.2, 0.25) is 0 Å². The van der Waals surface area contributed by atoms with Gasteiger partial charge in [0.05, 0.1) is 0 Å². The highest BCUT2D eigenvalue weighted by Crippen LogP contribution is 2.15. The number of aryl methyl sites for hydroxylation is 1. The van der Waals surface area contributed by atoms with Crippen LogP contribution in [0.3, 0.4) is 0 Å². The standard InChI is InChI=1S/C13H19N3O2/c1-10-3-4-14-12(9-10)15-5-7-16(8-6-15)13(18)11(2)17/h3-4,9,11,17H,5-8H2,1-2H3/t11-/m0/s1. The van der Waals surface area contributed by atoms with Crippen LogP contribution < -0.4 is 4.90 Å². The number of amides is 1. The molecule has 0 aromatic carbocycles. The quantitative estimate of drug-likeness (QED) is 0.825. The third-order valence-electron chi connectivity index (χ3n) is 3.17. The number of rotatable bonds is 2. The van der Waals surface area contributed by atoms with Crippen molar-refractivity contribution in [3.63, 3.8) is 0 Å². The molecule has 5 heteroatoms. The fraction of sp³-hybridized carbons (Fsp3) is 0.538. The lowest BCUT2D eigenvalue weighted by atomic mass is 10.2. The zero-order valence-electron chi connectivity index (χ0n) is 10.8. The summed E-state index contributed by atoms with van der Waals surface area (Å²) in [4.78, 5) is 19.8. The van der Waals surface area contributed by atoms with Crippen LogP contribution in [0.15, 0.2) is 18.3 Å². The van der Waals surface area contributed by atoms with E-state index in [1.54, 1.807) is 11.1 Å². The Morgan fingerprint density at radius 3 is 2.61 bits per heavy atom. The Morgan fingerprint density at radius 2 is 2.06 bits per heavy atom. The van der Waals surface area contributed by atoms with Crippen LogP contribution in [0.1, 0.15) is 12.5 Å². The van der Waals surface area contributed by atoms with E-state index in [0.717, 1.165) is 18.9 Å². The molecule has 0 spiro atoms. The lowest BCUT2D eigenvalue weighted by Gasteiger charge is -2.36. The minimum atomic E-state index is -0.909. The van der Waals surface area contributed by atoms with Gasteiger partial charge < -0.3 is 14.9 Å². The Bertz CT molecular complexity index is 426. The molecule has 2 rings (SSSR count). The highest BCUT2D eigenvalue weighted by atomic mass is 16.3. The molecular weight excluding hydrogens is 230 g/mol. The number of hydrogen-bond donors (Lipinski definition) is 1. The summed E-state index contributed by atoms with van der Waals surface area (Å²) in [5.41, 5.74) is 1.18. The highest BCUT2D eigenvalue weighted by molar-refractivity contribution is 5.80. The zero-order chi connectivity index (χ0) is 13.1. The summed E-state index contributed by atoms with van der Waals surface area (Å²) in [6.07, 6.45) is 0.895. The van der Waals surface area contributed by atoms with Crippen molar-refractivity contribution in [3.05, 3.63) is 23.9 Å². The normalized spacial score (nSPS) is 17.7. The van der Waals surface area contributed by atoms with Crippen LogP contribution in [-0.4, -0.2) is 53.2 Å². The summed E-state index contributed by atoms with van der Waals surface area (Å²) in [7, 11) is 0. The largest absolute Gasteiger partial charge is 0.384 e. The van der Waals surface area contributed by atoms with Gasteiger partial charge >= 0.3 is 0 Å². The molecule has 1 atom stereocenters. The van der Waals surface area contributed by atoms with Crippen LogP contribution in [0.2, 0.25) is 0 Å². The number of aliphatic hydroxyl groups excluding tert-OH is 1. The number of anilines is 1. The number of aromatic nitrogens is 1. The predicted octanol–water partition coefficient (Wildman–Crippen LogP) is 0.419. The Balaban J connectivity index is 1.96. The van der Waals surface area contributed by atoms with Crippen LogP contribution in [0.5, 0.6) is 0 Å². The molecule has 1 aromatic heterocycles. The topological polar surface area (TPSA) is 56.7 Å². The van der Waals surface area contributed by atoms with Gasteiger partial charge in [0.1, 0.15) is 11.9 Å². The number of hydrogen-bond acceptors (Lipinski definition) is 4. The van der Waals surface area contributed by atoms with Crippen molar-refractivity contribution < 1.29 is 9.90 Å². The SMILES string of the molecule is Cc1ccnc(N2CCN(C(=O)[C@H](C)O)CC2)c1. The molecule has 5 nitrogen and oxygen atoms in total. The number of pyridine rings is 1. The van der Waals surface area contributed by atoms with E-state index in [9.17, 15) is 9.90 Å². The molecule has 1 amide bonds. The maximum absolute atomic E-state index is 11.6. The van der Waals surface area contributed by atoms with E-state index >= 15 is 0 Å². The van der Waals surface area contributed by atoms with Gasteiger partial charge in [-0.25, -0.2) is 4.98 Å². The summed E-state index contributed by atoms with van der Waals surface area (Å²) < 4.78 is 0. The number of carbonyl (C=O) groups excluding carboxylic acids is 1. The fourth-order valence-corrected chi connectivity index (χ4v) is 2.11. The van der Waals surface area contributed by atoms with Crippen molar-refractivity contribution in [2.24, 2.45) is 0 Å². The lowest BCUT2D eigenvalue weighted by Crippen LogP contribution is -2.51. The molecule has 0 radical (unpaired) electrons. The maximum Gasteiger partial charge on any atom is 0.251 e. The van der Waals surface area contributed by atoms with Gasteiger partial charge in [-0.3, -0.25) is 4.79 Å². The average Bonchev–Trinajstić information content (AvgIpc) is 2.38. The van der Waals surface area contributed by atoms with E-state index in [1.807, 2.05) is 19.1 Å². The van der Waals surface area contributed by atoms with Crippen molar-refractivity contribution in [2.45, 2.75) is 20.0 Å². The zero-order valence-corrected chi connectivity index (χ0v) is 10.8. The highest BCUT2D eigenvalue weighted by Gasteiger charge is 2.24. The third kappa shape index (κ3) is 2.79. The molecule has 18 heavy (non-hydrogen) atoms. The molecule has 0 saturated carbocycles. The lowest BCUT2D eigenvalue weighted by molar-refractivity contribution is -0.139. The molecule has 2 heterocycles. The Hall–Kier alpha value is -1.62. The van der Waals surface area contributed by atoms with Crippen molar-refractivity contribution in [3.8, 4) is 0 Å². The Labute approximate surface area is 107 Å². The third-order valence-corrected chi connectivity index (χ3v) is 3.17. The van der Waals surface area contributed by atoms with Gasteiger partial charge in [-0.1, -0.05) is 0 Å². The summed E-state index contributed by atoms with van der Waals surface area (Å²) in [6, 6.07) is 4.02. The average molecular weight is 249 g/mol. The van der Waals surface area contributed by atoms with Gasteiger partial charge in [0.15, 0.2) is 0 Å². The molecule has 1 aliphatic rings. The van der Waals surface area contributed by atoms with Crippen molar-refractivity contribution in [1.29, 1.82) is 0 Å². The molecule has 0 unspecified atom stereocenters. The van der Waals surface area contributed by atoms with E-state index in [-0.39, 0.29) is 5.91 Å². The second-order valence-electron chi connectivity index (χ2n) is 4.68. The van der Waals surface area contributed by atoms with Crippen molar-refractivity contribution in [1.82, 2.24) is 9.88 Å². The van der Waals surface area contributed by atoms with E-state index in [4.69, 9.17) is 0 Å². The van der Waals surface area contributed by atoms with E-state index in [2.05, 4.69) is 9.88 Å². The Morgan fingerprint density at radius 1 is 1.39 bits per heavy atom. The fourth-order valence-electron chi connectivity index (χ4n) is 2.11. The van der Waals surface area contributed by atoms with Crippen LogP contribution in [0, 0.1) is 6.92 Å². The maximum atomic E-state index is 11.6. The van der Waals surface area contributed by atoms with Crippen LogP contribution in [0.4, 0.5) is 5.82 Å². The van der Waals surface area contributed by atoms with Crippen molar-refractivity contribution in [2.75, 3.05) is 31.1 Å².